The Morgan fingerprint density at radius 1 is 0.850 bits per heavy atom. The molecule has 3 heteroatoms. The van der Waals surface area contributed by atoms with Crippen LogP contribution in [0.5, 0.6) is 0 Å². The lowest BCUT2D eigenvalue weighted by Gasteiger charge is -2.06. The van der Waals surface area contributed by atoms with Crippen LogP contribution in [0.3, 0.4) is 0 Å². The zero-order valence-corrected chi connectivity index (χ0v) is 12.6. The molecule has 0 radical (unpaired) electrons. The number of nitrogens with one attached hydrogen (secondary N) is 1. The van der Waals surface area contributed by atoms with E-state index in [1.165, 1.54) is 5.56 Å². The molecular weight excluding hydrogens is 312 g/mol. The van der Waals surface area contributed by atoms with Crippen LogP contribution < -0.4 is 5.32 Å². The van der Waals surface area contributed by atoms with Gasteiger partial charge in [-0.25, -0.2) is 0 Å². The maximum absolute atomic E-state index is 4.70. The van der Waals surface area contributed by atoms with Gasteiger partial charge in [-0.15, -0.1) is 0 Å². The van der Waals surface area contributed by atoms with Crippen molar-refractivity contribution in [3.8, 4) is 0 Å². The lowest BCUT2D eigenvalue weighted by molar-refractivity contribution is 0.681. The molecule has 0 spiro atoms. The zero-order chi connectivity index (χ0) is 13.8. The normalized spacial score (nSPS) is 10.8. The number of rotatable bonds is 4. The summed E-state index contributed by atoms with van der Waals surface area (Å²) in [5.74, 6) is 0. The monoisotopic (exact) mass is 326 g/mol. The first-order valence-corrected chi connectivity index (χ1v) is 7.41. The predicted octanol–water partition coefficient (Wildman–Crippen LogP) is 4.29. The number of hydrogen-bond donors (Lipinski definition) is 1. The highest BCUT2D eigenvalue weighted by Gasteiger charge is 2.01. The van der Waals surface area contributed by atoms with Crippen molar-refractivity contribution in [1.29, 1.82) is 0 Å². The van der Waals surface area contributed by atoms with Crippen LogP contribution in [0.1, 0.15) is 11.3 Å². The first-order valence-electron chi connectivity index (χ1n) is 6.62. The van der Waals surface area contributed by atoms with Crippen LogP contribution in [-0.2, 0) is 13.1 Å². The van der Waals surface area contributed by atoms with Gasteiger partial charge in [0.25, 0.3) is 0 Å². The lowest BCUT2D eigenvalue weighted by atomic mass is 10.2. The Kier molecular flexibility index (Phi) is 4.09. The largest absolute Gasteiger partial charge is 0.307 e. The number of fused-ring (bicyclic) bond motifs is 1. The number of benzene rings is 2. The van der Waals surface area contributed by atoms with Gasteiger partial charge in [0.05, 0.1) is 11.2 Å². The van der Waals surface area contributed by atoms with Gasteiger partial charge >= 0.3 is 0 Å². The van der Waals surface area contributed by atoms with Crippen molar-refractivity contribution in [2.45, 2.75) is 13.1 Å². The summed E-state index contributed by atoms with van der Waals surface area (Å²) >= 11 is 3.55. The van der Waals surface area contributed by atoms with E-state index < -0.39 is 0 Å². The van der Waals surface area contributed by atoms with E-state index in [0.29, 0.717) is 0 Å². The molecular formula is C17H15BrN2. The molecule has 3 aromatic rings. The van der Waals surface area contributed by atoms with Crippen molar-refractivity contribution < 1.29 is 0 Å². The van der Waals surface area contributed by atoms with E-state index in [1.807, 2.05) is 18.2 Å². The van der Waals surface area contributed by atoms with E-state index in [0.717, 1.165) is 34.2 Å². The van der Waals surface area contributed by atoms with Crippen LogP contribution in [0.2, 0.25) is 0 Å². The minimum atomic E-state index is 0.770. The molecule has 0 aliphatic heterocycles. The average molecular weight is 327 g/mol. The number of hydrogen-bond acceptors (Lipinski definition) is 2. The van der Waals surface area contributed by atoms with Crippen molar-refractivity contribution in [1.82, 2.24) is 10.3 Å². The fraction of sp³-hybridized carbons (Fsp3) is 0.118. The molecule has 0 aliphatic rings. The smallest absolute Gasteiger partial charge is 0.0847 e. The third kappa shape index (κ3) is 3.06. The molecule has 0 bridgehead atoms. The molecule has 0 amide bonds. The Hall–Kier alpha value is -1.71. The number of aromatic nitrogens is 1. The molecule has 0 unspecified atom stereocenters. The van der Waals surface area contributed by atoms with Crippen LogP contribution in [0.4, 0.5) is 0 Å². The summed E-state index contributed by atoms with van der Waals surface area (Å²) in [6.07, 6.45) is 0. The third-order valence-corrected chi connectivity index (χ3v) is 3.85. The van der Waals surface area contributed by atoms with Gasteiger partial charge in [-0.05, 0) is 33.6 Å². The number of para-hydroxylation sites is 1. The number of nitrogens with zero attached hydrogens (tertiary/aromatic N) is 1. The lowest BCUT2D eigenvalue weighted by Crippen LogP contribution is -2.13. The highest BCUT2D eigenvalue weighted by atomic mass is 79.9. The topological polar surface area (TPSA) is 24.9 Å². The second kappa shape index (κ2) is 6.16. The summed E-state index contributed by atoms with van der Waals surface area (Å²) in [5, 5.41) is 4.58. The molecule has 1 heterocycles. The first-order chi connectivity index (χ1) is 9.83. The van der Waals surface area contributed by atoms with Gasteiger partial charge in [0, 0.05) is 22.9 Å². The van der Waals surface area contributed by atoms with Gasteiger partial charge in [-0.3, -0.25) is 4.98 Å². The summed E-state index contributed by atoms with van der Waals surface area (Å²) in [6, 6.07) is 20.7. The first kappa shape index (κ1) is 13.3. The second-order valence-corrected chi connectivity index (χ2v) is 5.56. The van der Waals surface area contributed by atoms with Crippen molar-refractivity contribution in [2.75, 3.05) is 0 Å². The minimum Gasteiger partial charge on any atom is -0.307 e. The summed E-state index contributed by atoms with van der Waals surface area (Å²) in [7, 11) is 0. The fourth-order valence-electron chi connectivity index (χ4n) is 2.18. The van der Waals surface area contributed by atoms with Crippen molar-refractivity contribution in [3.05, 3.63) is 76.4 Å². The SMILES string of the molecule is Brc1cccc2ccc(CNCc3ccccc3)nc12. The molecule has 0 aliphatic carbocycles. The molecule has 0 saturated heterocycles. The van der Waals surface area contributed by atoms with Crippen molar-refractivity contribution in [3.63, 3.8) is 0 Å². The fourth-order valence-corrected chi connectivity index (χ4v) is 2.65. The van der Waals surface area contributed by atoms with E-state index in [-0.39, 0.29) is 0 Å². The van der Waals surface area contributed by atoms with Gasteiger partial charge in [-0.1, -0.05) is 48.5 Å². The Labute approximate surface area is 127 Å². The highest BCUT2D eigenvalue weighted by Crippen LogP contribution is 2.21. The van der Waals surface area contributed by atoms with E-state index in [2.05, 4.69) is 63.7 Å². The van der Waals surface area contributed by atoms with Crippen LogP contribution in [0, 0.1) is 0 Å². The highest BCUT2D eigenvalue weighted by molar-refractivity contribution is 9.10. The molecule has 20 heavy (non-hydrogen) atoms. The molecule has 3 rings (SSSR count). The van der Waals surface area contributed by atoms with E-state index in [4.69, 9.17) is 4.98 Å². The molecule has 2 aromatic carbocycles. The zero-order valence-electron chi connectivity index (χ0n) is 11.0. The Morgan fingerprint density at radius 3 is 2.55 bits per heavy atom. The predicted molar refractivity (Wildman–Crippen MR) is 86.4 cm³/mol. The van der Waals surface area contributed by atoms with Gasteiger partial charge < -0.3 is 5.32 Å². The summed E-state index contributed by atoms with van der Waals surface area (Å²) in [4.78, 5) is 4.70. The van der Waals surface area contributed by atoms with Crippen LogP contribution in [-0.4, -0.2) is 4.98 Å². The maximum Gasteiger partial charge on any atom is 0.0847 e. The molecule has 1 N–H and O–H groups in total. The molecule has 0 fully saturated rings. The second-order valence-electron chi connectivity index (χ2n) is 4.70. The summed E-state index contributed by atoms with van der Waals surface area (Å²) < 4.78 is 1.04. The van der Waals surface area contributed by atoms with Crippen LogP contribution in [0.15, 0.2) is 65.1 Å². The molecule has 100 valence electrons. The van der Waals surface area contributed by atoms with Gasteiger partial charge in [0.15, 0.2) is 0 Å². The molecule has 0 atom stereocenters. The van der Waals surface area contributed by atoms with Gasteiger partial charge in [-0.2, -0.15) is 0 Å². The Balaban J connectivity index is 1.70. The number of pyridine rings is 1. The summed E-state index contributed by atoms with van der Waals surface area (Å²) in [6.45, 7) is 1.63. The van der Waals surface area contributed by atoms with Crippen molar-refractivity contribution in [2.24, 2.45) is 0 Å². The van der Waals surface area contributed by atoms with Crippen molar-refractivity contribution >= 4 is 26.8 Å². The van der Waals surface area contributed by atoms with Crippen LogP contribution >= 0.6 is 15.9 Å². The quantitative estimate of drug-likeness (QED) is 0.773. The maximum atomic E-state index is 4.70. The van der Waals surface area contributed by atoms with Gasteiger partial charge in [0.1, 0.15) is 0 Å². The number of halogens is 1. The molecule has 1 aromatic heterocycles. The van der Waals surface area contributed by atoms with E-state index in [1.54, 1.807) is 0 Å². The minimum absolute atomic E-state index is 0.770. The standard InChI is InChI=1S/C17H15BrN2/c18-16-8-4-7-14-9-10-15(20-17(14)16)12-19-11-13-5-2-1-3-6-13/h1-10,19H,11-12H2. The van der Waals surface area contributed by atoms with E-state index in [9.17, 15) is 0 Å². The van der Waals surface area contributed by atoms with Gasteiger partial charge in [0.2, 0.25) is 0 Å². The third-order valence-electron chi connectivity index (χ3n) is 3.21. The Morgan fingerprint density at radius 2 is 1.70 bits per heavy atom. The Bertz CT molecular complexity index is 711. The van der Waals surface area contributed by atoms with E-state index >= 15 is 0 Å². The summed E-state index contributed by atoms with van der Waals surface area (Å²) in [5.41, 5.74) is 3.36. The molecule has 0 saturated carbocycles. The molecule has 2 nitrogen and oxygen atoms in total. The average Bonchev–Trinajstić information content (AvgIpc) is 2.49. The van der Waals surface area contributed by atoms with Crippen LogP contribution in [0.25, 0.3) is 10.9 Å².